The summed E-state index contributed by atoms with van der Waals surface area (Å²) < 4.78 is 0. The number of phenolic OH excluding ortho intramolecular Hbond substituents is 1. The molecule has 2 N–H and O–H groups in total. The minimum absolute atomic E-state index is 0.186. The molecule has 0 aliphatic carbocycles. The molecule has 144 valence electrons. The van der Waals surface area contributed by atoms with E-state index in [4.69, 9.17) is 0 Å². The molecule has 1 heterocycles. The second-order valence-corrected chi connectivity index (χ2v) is 8.01. The Morgan fingerprint density at radius 1 is 0.966 bits per heavy atom. The number of rotatable bonds is 6. The zero-order valence-corrected chi connectivity index (χ0v) is 17.4. The molecule has 4 nitrogen and oxygen atoms in total. The number of aromatic nitrogens is 1. The van der Waals surface area contributed by atoms with Crippen LogP contribution in [0.1, 0.15) is 5.56 Å². The third-order valence-electron chi connectivity index (χ3n) is 4.39. The Balaban J connectivity index is 1.44. The molecule has 0 amide bonds. The fourth-order valence-corrected chi connectivity index (χ4v) is 3.92. The highest BCUT2D eigenvalue weighted by atomic mass is 32.2. The molecule has 1 aromatic heterocycles. The van der Waals surface area contributed by atoms with Gasteiger partial charge in [-0.15, -0.1) is 23.1 Å². The van der Waals surface area contributed by atoms with Gasteiger partial charge in [0, 0.05) is 21.4 Å². The van der Waals surface area contributed by atoms with Gasteiger partial charge in [0.25, 0.3) is 0 Å². The predicted octanol–water partition coefficient (Wildman–Crippen LogP) is 6.35. The Morgan fingerprint density at radius 3 is 2.45 bits per heavy atom. The number of benzene rings is 3. The first-order valence-electron chi connectivity index (χ1n) is 9.00. The van der Waals surface area contributed by atoms with Crippen LogP contribution in [-0.4, -0.2) is 22.6 Å². The lowest BCUT2D eigenvalue weighted by Gasteiger charge is -2.06. The average molecular weight is 418 g/mol. The third kappa shape index (κ3) is 4.67. The van der Waals surface area contributed by atoms with Crippen LogP contribution in [0.3, 0.4) is 0 Å². The fraction of sp³-hybridized carbons (Fsp3) is 0.0435. The van der Waals surface area contributed by atoms with Crippen LogP contribution in [0.5, 0.6) is 5.75 Å². The Labute approximate surface area is 178 Å². The van der Waals surface area contributed by atoms with Gasteiger partial charge in [0.1, 0.15) is 5.75 Å². The zero-order valence-electron chi connectivity index (χ0n) is 15.7. The molecule has 0 spiro atoms. The van der Waals surface area contributed by atoms with Crippen molar-refractivity contribution in [3.63, 3.8) is 0 Å². The van der Waals surface area contributed by atoms with Crippen LogP contribution in [0.25, 0.3) is 22.4 Å². The van der Waals surface area contributed by atoms with Crippen LogP contribution in [0.15, 0.2) is 88.2 Å². The highest BCUT2D eigenvalue weighted by Crippen LogP contribution is 2.28. The van der Waals surface area contributed by atoms with Gasteiger partial charge in [0.2, 0.25) is 5.13 Å². The van der Waals surface area contributed by atoms with Gasteiger partial charge in [-0.25, -0.2) is 4.98 Å². The number of thiazole rings is 1. The van der Waals surface area contributed by atoms with Gasteiger partial charge in [-0.3, -0.25) is 5.43 Å². The topological polar surface area (TPSA) is 57.5 Å². The predicted molar refractivity (Wildman–Crippen MR) is 124 cm³/mol. The maximum atomic E-state index is 10.4. The van der Waals surface area contributed by atoms with Gasteiger partial charge in [-0.05, 0) is 41.6 Å². The molecule has 0 unspecified atom stereocenters. The van der Waals surface area contributed by atoms with Gasteiger partial charge in [0.05, 0.1) is 11.9 Å². The minimum Gasteiger partial charge on any atom is -0.507 e. The van der Waals surface area contributed by atoms with Crippen molar-refractivity contribution in [2.75, 3.05) is 11.7 Å². The Morgan fingerprint density at radius 2 is 1.72 bits per heavy atom. The van der Waals surface area contributed by atoms with E-state index in [1.54, 1.807) is 24.0 Å². The number of hydrogen-bond donors (Lipinski definition) is 2. The van der Waals surface area contributed by atoms with Crippen molar-refractivity contribution in [2.45, 2.75) is 4.90 Å². The van der Waals surface area contributed by atoms with Crippen LogP contribution < -0.4 is 5.43 Å². The van der Waals surface area contributed by atoms with E-state index < -0.39 is 0 Å². The smallest absolute Gasteiger partial charge is 0.203 e. The first-order valence-corrected chi connectivity index (χ1v) is 11.1. The first-order chi connectivity index (χ1) is 14.2. The van der Waals surface area contributed by atoms with Crippen molar-refractivity contribution in [3.05, 3.63) is 83.7 Å². The molecule has 6 heteroatoms. The molecular formula is C23H19N3OS2. The van der Waals surface area contributed by atoms with Crippen molar-refractivity contribution < 1.29 is 5.11 Å². The van der Waals surface area contributed by atoms with Crippen molar-refractivity contribution in [1.29, 1.82) is 0 Å². The number of thioether (sulfide) groups is 1. The highest BCUT2D eigenvalue weighted by molar-refractivity contribution is 7.98. The first kappa shape index (κ1) is 19.2. The molecule has 0 fully saturated rings. The Hall–Kier alpha value is -3.09. The molecule has 0 saturated heterocycles. The number of phenols is 1. The summed E-state index contributed by atoms with van der Waals surface area (Å²) in [6.45, 7) is 0. The summed E-state index contributed by atoms with van der Waals surface area (Å²) in [5, 5.41) is 17.3. The number of nitrogens with zero attached hydrogens (tertiary/aromatic N) is 2. The number of nitrogens with one attached hydrogen (secondary N) is 1. The van der Waals surface area contributed by atoms with E-state index in [9.17, 15) is 5.11 Å². The van der Waals surface area contributed by atoms with E-state index in [1.807, 2.05) is 47.8 Å². The van der Waals surface area contributed by atoms with Crippen LogP contribution >= 0.6 is 23.1 Å². The van der Waals surface area contributed by atoms with Crippen molar-refractivity contribution in [1.82, 2.24) is 4.98 Å². The summed E-state index contributed by atoms with van der Waals surface area (Å²) in [7, 11) is 0. The van der Waals surface area contributed by atoms with Crippen molar-refractivity contribution in [3.8, 4) is 28.1 Å². The highest BCUT2D eigenvalue weighted by Gasteiger charge is 2.05. The van der Waals surface area contributed by atoms with Gasteiger partial charge >= 0.3 is 0 Å². The molecule has 0 saturated carbocycles. The normalized spacial score (nSPS) is 11.1. The zero-order chi connectivity index (χ0) is 20.1. The molecule has 0 radical (unpaired) electrons. The molecule has 0 bridgehead atoms. The van der Waals surface area contributed by atoms with Crippen LogP contribution in [0, 0.1) is 0 Å². The molecular weight excluding hydrogens is 398 g/mol. The molecule has 0 aliphatic rings. The summed E-state index contributed by atoms with van der Waals surface area (Å²) in [5.74, 6) is 0.186. The molecule has 4 rings (SSSR count). The fourth-order valence-electron chi connectivity index (χ4n) is 2.84. The number of hydrazone groups is 1. The SMILES string of the molecule is CSc1ccc(-c2ccc(C=NNc3nc(-c4ccccc4)cs3)c(O)c2)cc1. The van der Waals surface area contributed by atoms with Crippen LogP contribution in [-0.2, 0) is 0 Å². The number of anilines is 1. The maximum Gasteiger partial charge on any atom is 0.203 e. The lowest BCUT2D eigenvalue weighted by Crippen LogP contribution is -1.91. The summed E-state index contributed by atoms with van der Waals surface area (Å²) in [6.07, 6.45) is 3.65. The summed E-state index contributed by atoms with van der Waals surface area (Å²) >= 11 is 3.19. The quantitative estimate of drug-likeness (QED) is 0.218. The van der Waals surface area contributed by atoms with Gasteiger partial charge in [-0.1, -0.05) is 48.5 Å². The second kappa shape index (κ2) is 8.94. The maximum absolute atomic E-state index is 10.4. The molecule has 0 atom stereocenters. The Kier molecular flexibility index (Phi) is 5.93. The van der Waals surface area contributed by atoms with E-state index in [-0.39, 0.29) is 5.75 Å². The second-order valence-electron chi connectivity index (χ2n) is 6.28. The van der Waals surface area contributed by atoms with E-state index in [1.165, 1.54) is 16.2 Å². The standard InChI is InChI=1S/C23H19N3OS2/c1-28-20-11-9-16(10-12-20)18-7-8-19(22(27)13-18)14-24-26-23-25-21(15-29-23)17-5-3-2-4-6-17/h2-15,27H,1H3,(H,25,26). The molecule has 4 aromatic rings. The minimum atomic E-state index is 0.186. The van der Waals surface area contributed by atoms with Gasteiger partial charge < -0.3 is 5.11 Å². The van der Waals surface area contributed by atoms with E-state index >= 15 is 0 Å². The summed E-state index contributed by atoms with van der Waals surface area (Å²) in [5.41, 5.74) is 7.58. The summed E-state index contributed by atoms with van der Waals surface area (Å²) in [4.78, 5) is 5.74. The Bertz CT molecular complexity index is 1120. The number of aromatic hydroxyl groups is 1. The monoisotopic (exact) mass is 417 g/mol. The van der Waals surface area contributed by atoms with Crippen LogP contribution in [0.2, 0.25) is 0 Å². The lowest BCUT2D eigenvalue weighted by atomic mass is 10.0. The van der Waals surface area contributed by atoms with Gasteiger partial charge in [0.15, 0.2) is 0 Å². The van der Waals surface area contributed by atoms with Crippen molar-refractivity contribution in [2.24, 2.45) is 5.10 Å². The van der Waals surface area contributed by atoms with E-state index in [0.717, 1.165) is 22.4 Å². The average Bonchev–Trinajstić information content (AvgIpc) is 3.24. The number of hydrogen-bond acceptors (Lipinski definition) is 6. The lowest BCUT2D eigenvalue weighted by molar-refractivity contribution is 0.474. The van der Waals surface area contributed by atoms with E-state index in [0.29, 0.717) is 10.7 Å². The van der Waals surface area contributed by atoms with Crippen molar-refractivity contribution >= 4 is 34.4 Å². The van der Waals surface area contributed by atoms with Gasteiger partial charge in [-0.2, -0.15) is 5.10 Å². The summed E-state index contributed by atoms with van der Waals surface area (Å²) in [6, 6.07) is 23.9. The molecule has 29 heavy (non-hydrogen) atoms. The van der Waals surface area contributed by atoms with Crippen LogP contribution in [0.4, 0.5) is 5.13 Å². The third-order valence-corrected chi connectivity index (χ3v) is 5.88. The largest absolute Gasteiger partial charge is 0.507 e. The molecule has 3 aromatic carbocycles. The van der Waals surface area contributed by atoms with E-state index in [2.05, 4.69) is 46.0 Å². The molecule has 0 aliphatic heterocycles.